The average molecular weight is 300 g/mol. The normalized spacial score (nSPS) is 18.2. The third-order valence-corrected chi connectivity index (χ3v) is 4.20. The van der Waals surface area contributed by atoms with E-state index < -0.39 is 0 Å². The summed E-state index contributed by atoms with van der Waals surface area (Å²) in [4.78, 5) is 12.1. The summed E-state index contributed by atoms with van der Waals surface area (Å²) in [7, 11) is 0. The van der Waals surface area contributed by atoms with E-state index in [1.807, 2.05) is 13.8 Å². The smallest absolute Gasteiger partial charge is 0.287 e. The number of ether oxygens (including phenoxy) is 1. The molecule has 1 aromatic rings. The Labute approximate surface area is 124 Å². The SMILES string of the molecule is CC(C)n1ncc(NCC2(C)CCOCC2)c(Cl)c1=O. The predicted octanol–water partition coefficient (Wildman–Crippen LogP) is 2.71. The van der Waals surface area contributed by atoms with Crippen LogP contribution in [-0.4, -0.2) is 29.5 Å². The van der Waals surface area contributed by atoms with Gasteiger partial charge in [-0.15, -0.1) is 0 Å². The van der Waals surface area contributed by atoms with Crippen LogP contribution in [0, 0.1) is 5.41 Å². The maximum Gasteiger partial charge on any atom is 0.287 e. The zero-order valence-electron chi connectivity index (χ0n) is 12.3. The highest BCUT2D eigenvalue weighted by molar-refractivity contribution is 6.32. The van der Waals surface area contributed by atoms with Gasteiger partial charge < -0.3 is 10.1 Å². The number of anilines is 1. The van der Waals surface area contributed by atoms with Gasteiger partial charge in [0.2, 0.25) is 0 Å². The van der Waals surface area contributed by atoms with E-state index in [-0.39, 0.29) is 22.0 Å². The minimum absolute atomic E-state index is 0.00191. The lowest BCUT2D eigenvalue weighted by Gasteiger charge is -2.34. The lowest BCUT2D eigenvalue weighted by atomic mass is 9.82. The molecule has 1 saturated heterocycles. The van der Waals surface area contributed by atoms with Crippen LogP contribution in [0.5, 0.6) is 0 Å². The molecule has 0 aromatic carbocycles. The lowest BCUT2D eigenvalue weighted by Crippen LogP contribution is -2.34. The number of hydrogen-bond acceptors (Lipinski definition) is 4. The van der Waals surface area contributed by atoms with Gasteiger partial charge in [0.15, 0.2) is 0 Å². The standard InChI is InChI=1S/C14H22ClN3O2/c1-10(2)18-13(19)12(15)11(8-17-18)16-9-14(3)4-6-20-7-5-14/h8,10,16H,4-7,9H2,1-3H3. The van der Waals surface area contributed by atoms with Crippen LogP contribution in [0.25, 0.3) is 0 Å². The summed E-state index contributed by atoms with van der Waals surface area (Å²) in [5.74, 6) is 0. The van der Waals surface area contributed by atoms with Crippen LogP contribution in [0.3, 0.4) is 0 Å². The lowest BCUT2D eigenvalue weighted by molar-refractivity contribution is 0.0300. The number of halogens is 1. The van der Waals surface area contributed by atoms with Crippen molar-refractivity contribution in [3.8, 4) is 0 Å². The maximum atomic E-state index is 12.1. The van der Waals surface area contributed by atoms with Crippen LogP contribution in [0.15, 0.2) is 11.0 Å². The van der Waals surface area contributed by atoms with E-state index in [9.17, 15) is 4.79 Å². The first-order valence-electron chi connectivity index (χ1n) is 7.02. The monoisotopic (exact) mass is 299 g/mol. The molecular weight excluding hydrogens is 278 g/mol. The van der Waals surface area contributed by atoms with Crippen molar-refractivity contribution in [3.63, 3.8) is 0 Å². The fourth-order valence-corrected chi connectivity index (χ4v) is 2.49. The second-order valence-electron chi connectivity index (χ2n) is 5.99. The molecule has 2 heterocycles. The first-order chi connectivity index (χ1) is 9.43. The minimum atomic E-state index is -0.246. The molecule has 0 atom stereocenters. The molecule has 1 N–H and O–H groups in total. The highest BCUT2D eigenvalue weighted by atomic mass is 35.5. The van der Waals surface area contributed by atoms with E-state index in [2.05, 4.69) is 17.3 Å². The van der Waals surface area contributed by atoms with E-state index in [1.165, 1.54) is 4.68 Å². The van der Waals surface area contributed by atoms with Gasteiger partial charge in [0.1, 0.15) is 5.02 Å². The van der Waals surface area contributed by atoms with Crippen molar-refractivity contribution in [1.29, 1.82) is 0 Å². The second-order valence-corrected chi connectivity index (χ2v) is 6.37. The van der Waals surface area contributed by atoms with Gasteiger partial charge in [0.05, 0.1) is 17.9 Å². The Bertz CT molecular complexity index is 522. The van der Waals surface area contributed by atoms with Gasteiger partial charge >= 0.3 is 0 Å². The van der Waals surface area contributed by atoms with Crippen LogP contribution in [0.4, 0.5) is 5.69 Å². The van der Waals surface area contributed by atoms with Crippen molar-refractivity contribution in [3.05, 3.63) is 21.6 Å². The Hall–Kier alpha value is -1.07. The number of nitrogens with zero attached hydrogens (tertiary/aromatic N) is 2. The van der Waals surface area contributed by atoms with Crippen LogP contribution >= 0.6 is 11.6 Å². The fourth-order valence-electron chi connectivity index (χ4n) is 2.29. The third kappa shape index (κ3) is 3.33. The van der Waals surface area contributed by atoms with Gasteiger partial charge in [-0.2, -0.15) is 5.10 Å². The van der Waals surface area contributed by atoms with Crippen LogP contribution < -0.4 is 10.9 Å². The number of hydrogen-bond donors (Lipinski definition) is 1. The van der Waals surface area contributed by atoms with Gasteiger partial charge in [0.25, 0.3) is 5.56 Å². The van der Waals surface area contributed by atoms with E-state index in [4.69, 9.17) is 16.3 Å². The highest BCUT2D eigenvalue weighted by Crippen LogP contribution is 2.30. The third-order valence-electron chi connectivity index (χ3n) is 3.84. The van der Waals surface area contributed by atoms with Crippen molar-refractivity contribution in [2.75, 3.05) is 25.1 Å². The zero-order valence-corrected chi connectivity index (χ0v) is 13.0. The molecule has 0 saturated carbocycles. The zero-order chi connectivity index (χ0) is 14.8. The van der Waals surface area contributed by atoms with Gasteiger partial charge in [-0.1, -0.05) is 18.5 Å². The largest absolute Gasteiger partial charge is 0.382 e. The summed E-state index contributed by atoms with van der Waals surface area (Å²) in [6.07, 6.45) is 3.65. The first-order valence-corrected chi connectivity index (χ1v) is 7.40. The van der Waals surface area contributed by atoms with Crippen molar-refractivity contribution >= 4 is 17.3 Å². The molecule has 0 radical (unpaired) electrons. The van der Waals surface area contributed by atoms with Crippen molar-refractivity contribution in [2.24, 2.45) is 5.41 Å². The van der Waals surface area contributed by atoms with Crippen molar-refractivity contribution in [2.45, 2.75) is 39.7 Å². The molecule has 1 aromatic heterocycles. The highest BCUT2D eigenvalue weighted by Gasteiger charge is 2.27. The molecule has 0 aliphatic carbocycles. The Morgan fingerprint density at radius 2 is 2.15 bits per heavy atom. The maximum absolute atomic E-state index is 12.1. The molecule has 20 heavy (non-hydrogen) atoms. The van der Waals surface area contributed by atoms with Crippen molar-refractivity contribution in [1.82, 2.24) is 9.78 Å². The van der Waals surface area contributed by atoms with E-state index in [1.54, 1.807) is 6.20 Å². The molecule has 5 nitrogen and oxygen atoms in total. The molecule has 0 bridgehead atoms. The van der Waals surface area contributed by atoms with Crippen LogP contribution in [0.2, 0.25) is 5.02 Å². The summed E-state index contributed by atoms with van der Waals surface area (Å²) in [5, 5.41) is 7.64. The van der Waals surface area contributed by atoms with Gasteiger partial charge in [-0.05, 0) is 32.1 Å². The van der Waals surface area contributed by atoms with E-state index >= 15 is 0 Å². The molecule has 1 aliphatic heterocycles. The Kier molecular flexibility index (Phi) is 4.70. The van der Waals surface area contributed by atoms with Gasteiger partial charge in [-0.25, -0.2) is 4.68 Å². The molecular formula is C14H22ClN3O2. The Morgan fingerprint density at radius 1 is 1.50 bits per heavy atom. The molecule has 0 unspecified atom stereocenters. The second kappa shape index (κ2) is 6.14. The summed E-state index contributed by atoms with van der Waals surface area (Å²) in [6.45, 7) is 8.38. The van der Waals surface area contributed by atoms with Gasteiger partial charge in [0, 0.05) is 19.8 Å². The first kappa shape index (κ1) is 15.3. The average Bonchev–Trinajstić information content (AvgIpc) is 2.41. The summed E-state index contributed by atoms with van der Waals surface area (Å²) >= 11 is 6.15. The number of nitrogens with one attached hydrogen (secondary N) is 1. The number of rotatable bonds is 4. The topological polar surface area (TPSA) is 56.1 Å². The van der Waals surface area contributed by atoms with Crippen LogP contribution in [-0.2, 0) is 4.74 Å². The Morgan fingerprint density at radius 3 is 2.75 bits per heavy atom. The number of aromatic nitrogens is 2. The van der Waals surface area contributed by atoms with Gasteiger partial charge in [-0.3, -0.25) is 4.79 Å². The molecule has 1 aliphatic rings. The summed E-state index contributed by atoms with van der Waals surface area (Å²) in [5.41, 5.74) is 0.541. The quantitative estimate of drug-likeness (QED) is 0.929. The van der Waals surface area contributed by atoms with Crippen LogP contribution in [0.1, 0.15) is 39.7 Å². The molecule has 0 spiro atoms. The fraction of sp³-hybridized carbons (Fsp3) is 0.714. The van der Waals surface area contributed by atoms with Crippen molar-refractivity contribution < 1.29 is 4.74 Å². The molecule has 6 heteroatoms. The molecule has 112 valence electrons. The molecule has 0 amide bonds. The summed E-state index contributed by atoms with van der Waals surface area (Å²) in [6, 6.07) is 0.00191. The summed E-state index contributed by atoms with van der Waals surface area (Å²) < 4.78 is 6.77. The van der Waals surface area contributed by atoms with E-state index in [0.717, 1.165) is 32.6 Å². The predicted molar refractivity (Wildman–Crippen MR) is 80.5 cm³/mol. The molecule has 2 rings (SSSR count). The Balaban J connectivity index is 2.10. The molecule has 1 fully saturated rings. The minimum Gasteiger partial charge on any atom is -0.382 e. The van der Waals surface area contributed by atoms with E-state index in [0.29, 0.717) is 5.69 Å².